The molecule has 2 atom stereocenters. The van der Waals surface area contributed by atoms with E-state index in [1.54, 1.807) is 0 Å². The van der Waals surface area contributed by atoms with Crippen molar-refractivity contribution in [2.45, 2.75) is 50.7 Å². The minimum atomic E-state index is -4.08. The van der Waals surface area contributed by atoms with Gasteiger partial charge in [-0.1, -0.05) is 6.42 Å². The van der Waals surface area contributed by atoms with Gasteiger partial charge in [-0.2, -0.15) is 13.2 Å². The van der Waals surface area contributed by atoms with Gasteiger partial charge in [0.25, 0.3) is 0 Å². The highest BCUT2D eigenvalue weighted by Gasteiger charge is 2.42. The first-order valence-electron chi connectivity index (χ1n) is 7.91. The SMILES string of the molecule is CS(=O)(=O)N1CCC(CN[C@@H]2CCC[C@H](C(F)(F)F)C2)CC1. The van der Waals surface area contributed by atoms with Crippen molar-refractivity contribution >= 4 is 10.0 Å². The zero-order chi connectivity index (χ0) is 16.4. The Morgan fingerprint density at radius 1 is 1.14 bits per heavy atom. The molecule has 0 aromatic carbocycles. The maximum Gasteiger partial charge on any atom is 0.391 e. The number of hydrogen-bond acceptors (Lipinski definition) is 3. The van der Waals surface area contributed by atoms with Crippen LogP contribution < -0.4 is 5.32 Å². The Bertz CT molecular complexity index is 459. The fraction of sp³-hybridized carbons (Fsp3) is 1.00. The van der Waals surface area contributed by atoms with Crippen molar-refractivity contribution in [3.05, 3.63) is 0 Å². The van der Waals surface area contributed by atoms with E-state index >= 15 is 0 Å². The molecule has 2 fully saturated rings. The lowest BCUT2D eigenvalue weighted by Crippen LogP contribution is -2.44. The van der Waals surface area contributed by atoms with Crippen molar-refractivity contribution in [3.8, 4) is 0 Å². The number of alkyl halides is 3. The van der Waals surface area contributed by atoms with E-state index in [-0.39, 0.29) is 18.9 Å². The maximum atomic E-state index is 12.8. The Morgan fingerprint density at radius 3 is 2.32 bits per heavy atom. The summed E-state index contributed by atoms with van der Waals surface area (Å²) in [5, 5.41) is 3.28. The van der Waals surface area contributed by atoms with Gasteiger partial charge in [-0.3, -0.25) is 0 Å². The standard InChI is InChI=1S/C14H25F3N2O2S/c1-22(20,21)19-7-5-11(6-8-19)10-18-13-4-2-3-12(9-13)14(15,16)17/h11-13,18H,2-10H2,1H3/t12-,13+/m0/s1. The summed E-state index contributed by atoms with van der Waals surface area (Å²) in [5.41, 5.74) is 0. The van der Waals surface area contributed by atoms with Gasteiger partial charge >= 0.3 is 6.18 Å². The first kappa shape index (κ1) is 18.0. The fourth-order valence-corrected chi connectivity index (χ4v) is 4.32. The van der Waals surface area contributed by atoms with Crippen LogP contribution in [0.15, 0.2) is 0 Å². The van der Waals surface area contributed by atoms with Gasteiger partial charge in [0.05, 0.1) is 12.2 Å². The summed E-state index contributed by atoms with van der Waals surface area (Å²) in [7, 11) is -3.12. The van der Waals surface area contributed by atoms with Gasteiger partial charge in [0.15, 0.2) is 0 Å². The number of piperidine rings is 1. The first-order chi connectivity index (χ1) is 10.2. The van der Waals surface area contributed by atoms with E-state index in [2.05, 4.69) is 5.32 Å². The third-order valence-corrected chi connectivity index (χ3v) is 6.18. The Morgan fingerprint density at radius 2 is 1.77 bits per heavy atom. The second-order valence-electron chi connectivity index (χ2n) is 6.62. The van der Waals surface area contributed by atoms with Crippen molar-refractivity contribution in [3.63, 3.8) is 0 Å². The quantitative estimate of drug-likeness (QED) is 0.853. The molecule has 1 N–H and O–H groups in total. The molecule has 8 heteroatoms. The monoisotopic (exact) mass is 342 g/mol. The van der Waals surface area contributed by atoms with E-state index in [4.69, 9.17) is 0 Å². The van der Waals surface area contributed by atoms with Crippen molar-refractivity contribution in [1.82, 2.24) is 9.62 Å². The lowest BCUT2D eigenvalue weighted by molar-refractivity contribution is -0.183. The second kappa shape index (κ2) is 7.05. The zero-order valence-electron chi connectivity index (χ0n) is 12.9. The molecule has 2 aliphatic rings. The van der Waals surface area contributed by atoms with Crippen LogP contribution in [-0.2, 0) is 10.0 Å². The molecular weight excluding hydrogens is 317 g/mol. The summed E-state index contributed by atoms with van der Waals surface area (Å²) in [5.74, 6) is -0.824. The molecule has 1 heterocycles. The second-order valence-corrected chi connectivity index (χ2v) is 8.60. The van der Waals surface area contributed by atoms with Gasteiger partial charge in [0, 0.05) is 19.1 Å². The van der Waals surface area contributed by atoms with Gasteiger partial charge in [0.1, 0.15) is 0 Å². The molecule has 1 saturated carbocycles. The smallest absolute Gasteiger partial charge is 0.314 e. The zero-order valence-corrected chi connectivity index (χ0v) is 13.7. The van der Waals surface area contributed by atoms with Gasteiger partial charge in [-0.05, 0) is 44.6 Å². The molecule has 0 unspecified atom stereocenters. The number of nitrogens with one attached hydrogen (secondary N) is 1. The molecule has 1 saturated heterocycles. The van der Waals surface area contributed by atoms with E-state index in [0.717, 1.165) is 19.3 Å². The number of nitrogens with zero attached hydrogens (tertiary/aromatic N) is 1. The van der Waals surface area contributed by atoms with E-state index in [1.165, 1.54) is 10.6 Å². The molecule has 0 aromatic rings. The van der Waals surface area contributed by atoms with Gasteiger partial charge < -0.3 is 5.32 Å². The van der Waals surface area contributed by atoms with Crippen molar-refractivity contribution in [1.29, 1.82) is 0 Å². The molecule has 1 aliphatic heterocycles. The highest BCUT2D eigenvalue weighted by molar-refractivity contribution is 7.88. The summed E-state index contributed by atoms with van der Waals surface area (Å²) in [6.07, 6.45) is 0.514. The van der Waals surface area contributed by atoms with Gasteiger partial charge in [0.2, 0.25) is 10.0 Å². The normalized spacial score (nSPS) is 29.6. The summed E-state index contributed by atoms with van der Waals surface area (Å²) in [6, 6.07) is -0.0617. The highest BCUT2D eigenvalue weighted by atomic mass is 32.2. The largest absolute Gasteiger partial charge is 0.391 e. The Hall–Kier alpha value is -0.340. The molecule has 1 aliphatic carbocycles. The summed E-state index contributed by atoms with van der Waals surface area (Å²) < 4.78 is 62.7. The van der Waals surface area contributed by atoms with Crippen LogP contribution in [0.5, 0.6) is 0 Å². The van der Waals surface area contributed by atoms with E-state index in [1.807, 2.05) is 0 Å². The Labute approximate surface area is 130 Å². The molecule has 0 radical (unpaired) electrons. The molecule has 0 spiro atoms. The van der Waals surface area contributed by atoms with Gasteiger partial charge in [-0.15, -0.1) is 0 Å². The minimum Gasteiger partial charge on any atom is -0.314 e. The first-order valence-corrected chi connectivity index (χ1v) is 9.76. The van der Waals surface area contributed by atoms with Crippen molar-refractivity contribution in [2.24, 2.45) is 11.8 Å². The molecule has 2 rings (SSSR count). The summed E-state index contributed by atoms with van der Waals surface area (Å²) in [4.78, 5) is 0. The topological polar surface area (TPSA) is 49.4 Å². The number of halogens is 3. The van der Waals surface area contributed by atoms with Crippen LogP contribution in [0.4, 0.5) is 13.2 Å². The van der Waals surface area contributed by atoms with E-state index in [9.17, 15) is 21.6 Å². The number of hydrogen-bond donors (Lipinski definition) is 1. The van der Waals surface area contributed by atoms with Crippen molar-refractivity contribution in [2.75, 3.05) is 25.9 Å². The Balaban J connectivity index is 1.73. The summed E-state index contributed by atoms with van der Waals surface area (Å²) >= 11 is 0. The van der Waals surface area contributed by atoms with Crippen LogP contribution in [0.3, 0.4) is 0 Å². The lowest BCUT2D eigenvalue weighted by Gasteiger charge is -2.34. The van der Waals surface area contributed by atoms with Crippen LogP contribution in [0, 0.1) is 11.8 Å². The molecule has 0 aromatic heterocycles. The van der Waals surface area contributed by atoms with E-state index < -0.39 is 22.1 Å². The molecule has 0 amide bonds. The molecule has 0 bridgehead atoms. The fourth-order valence-electron chi connectivity index (χ4n) is 3.45. The number of rotatable bonds is 4. The maximum absolute atomic E-state index is 12.8. The third kappa shape index (κ3) is 5.09. The number of sulfonamides is 1. The lowest BCUT2D eigenvalue weighted by atomic mass is 9.85. The highest BCUT2D eigenvalue weighted by Crippen LogP contribution is 2.37. The van der Waals surface area contributed by atoms with Crippen LogP contribution in [0.1, 0.15) is 38.5 Å². The Kier molecular flexibility index (Phi) is 5.77. The van der Waals surface area contributed by atoms with Crippen LogP contribution in [0.2, 0.25) is 0 Å². The average molecular weight is 342 g/mol. The third-order valence-electron chi connectivity index (χ3n) is 4.87. The van der Waals surface area contributed by atoms with Crippen LogP contribution in [0.25, 0.3) is 0 Å². The van der Waals surface area contributed by atoms with Crippen molar-refractivity contribution < 1.29 is 21.6 Å². The van der Waals surface area contributed by atoms with Gasteiger partial charge in [-0.25, -0.2) is 12.7 Å². The molecule has 22 heavy (non-hydrogen) atoms. The predicted octanol–water partition coefficient (Wildman–Crippen LogP) is 2.37. The molecule has 130 valence electrons. The van der Waals surface area contributed by atoms with Crippen LogP contribution >= 0.6 is 0 Å². The average Bonchev–Trinajstić information content (AvgIpc) is 2.44. The minimum absolute atomic E-state index is 0.0617. The van der Waals surface area contributed by atoms with Crippen LogP contribution in [-0.4, -0.2) is 50.8 Å². The predicted molar refractivity (Wildman–Crippen MR) is 78.9 cm³/mol. The molecule has 4 nitrogen and oxygen atoms in total. The summed E-state index contributed by atoms with van der Waals surface area (Å²) in [6.45, 7) is 1.72. The van der Waals surface area contributed by atoms with E-state index in [0.29, 0.717) is 32.0 Å². The molecular formula is C14H25F3N2O2S.